The van der Waals surface area contributed by atoms with Gasteiger partial charge in [-0.3, -0.25) is 0 Å². The maximum atomic E-state index is 12.6. The molecule has 0 aliphatic carbocycles. The van der Waals surface area contributed by atoms with Crippen molar-refractivity contribution in [2.45, 2.75) is 22.8 Å². The summed E-state index contributed by atoms with van der Waals surface area (Å²) in [6, 6.07) is 4.78. The second-order valence-corrected chi connectivity index (χ2v) is 7.24. The van der Waals surface area contributed by atoms with Crippen molar-refractivity contribution in [3.05, 3.63) is 42.4 Å². The molecular weight excluding hydrogens is 405 g/mol. The van der Waals surface area contributed by atoms with E-state index in [0.29, 0.717) is 0 Å². The fourth-order valence-corrected chi connectivity index (χ4v) is 3.40. The molecule has 0 atom stereocenters. The highest BCUT2D eigenvalue weighted by Crippen LogP contribution is 2.29. The van der Waals surface area contributed by atoms with Crippen molar-refractivity contribution >= 4 is 15.5 Å². The highest BCUT2D eigenvalue weighted by atomic mass is 32.2. The number of ether oxygens (including phenoxy) is 1. The van der Waals surface area contributed by atoms with Gasteiger partial charge < -0.3 is 20.0 Å². The van der Waals surface area contributed by atoms with Crippen molar-refractivity contribution in [3.8, 4) is 17.3 Å². The van der Waals surface area contributed by atoms with Gasteiger partial charge in [0, 0.05) is 6.20 Å². The van der Waals surface area contributed by atoms with Crippen LogP contribution in [0.5, 0.6) is 5.75 Å². The summed E-state index contributed by atoms with van der Waals surface area (Å²) >= 11 is 0. The van der Waals surface area contributed by atoms with Gasteiger partial charge in [0.2, 0.25) is 15.7 Å². The first-order valence-electron chi connectivity index (χ1n) is 7.40. The number of hydrogen-bond acceptors (Lipinski definition) is 9. The normalized spacial score (nSPS) is 12.1. The molecule has 2 aromatic heterocycles. The Bertz CT molecular complexity index is 1100. The Balaban J connectivity index is 1.90. The summed E-state index contributed by atoms with van der Waals surface area (Å²) < 4.78 is 70.7. The van der Waals surface area contributed by atoms with E-state index in [2.05, 4.69) is 19.9 Å². The first-order chi connectivity index (χ1) is 13.1. The molecule has 3 aromatic rings. The van der Waals surface area contributed by atoms with E-state index in [9.17, 15) is 21.6 Å². The fraction of sp³-hybridized carbons (Fsp3) is 0.133. The predicted molar refractivity (Wildman–Crippen MR) is 86.4 cm³/mol. The van der Waals surface area contributed by atoms with Gasteiger partial charge in [-0.15, -0.1) is 23.4 Å². The molecule has 1 aromatic carbocycles. The number of hydrogen-bond donors (Lipinski definition) is 2. The number of nitrogens with zero attached hydrogens (tertiary/aromatic N) is 3. The number of rotatable bonds is 5. The van der Waals surface area contributed by atoms with Crippen LogP contribution in [0.4, 0.5) is 18.9 Å². The highest BCUT2D eigenvalue weighted by molar-refractivity contribution is 7.91. The average Bonchev–Trinajstić information content (AvgIpc) is 3.09. The van der Waals surface area contributed by atoms with E-state index in [1.54, 1.807) is 0 Å². The SMILES string of the molecule is Nc1cc(S(=O)(=O)c2ccc(OC(F)(F)F)cc2)cnc1-c1nnc(CO)o1. The Kier molecular flexibility index (Phi) is 4.95. The number of benzene rings is 1. The van der Waals surface area contributed by atoms with E-state index < -0.39 is 28.6 Å². The zero-order chi connectivity index (χ0) is 20.5. The predicted octanol–water partition coefficient (Wildman–Crippen LogP) is 1.94. The standard InChI is InChI=1S/C15H11F3N4O5S/c16-15(17,18)27-8-1-3-9(4-2-8)28(24,25)10-5-11(19)13(20-6-10)14-22-21-12(7-23)26-14/h1-6,23H,7,19H2. The summed E-state index contributed by atoms with van der Waals surface area (Å²) in [6.45, 7) is -0.493. The molecule has 0 unspecified atom stereocenters. The molecule has 0 radical (unpaired) electrons. The van der Waals surface area contributed by atoms with Crippen molar-refractivity contribution < 1.29 is 35.8 Å². The van der Waals surface area contributed by atoms with E-state index in [1.807, 2.05) is 0 Å². The molecule has 0 aliphatic heterocycles. The van der Waals surface area contributed by atoms with Crippen LogP contribution in [0.15, 0.2) is 50.7 Å². The van der Waals surface area contributed by atoms with Crippen molar-refractivity contribution in [1.29, 1.82) is 0 Å². The third-order valence-electron chi connectivity index (χ3n) is 3.37. The quantitative estimate of drug-likeness (QED) is 0.638. The third kappa shape index (κ3) is 4.04. The van der Waals surface area contributed by atoms with E-state index >= 15 is 0 Å². The summed E-state index contributed by atoms with van der Waals surface area (Å²) in [4.78, 5) is 3.33. The van der Waals surface area contributed by atoms with E-state index in [0.717, 1.165) is 36.5 Å². The minimum absolute atomic E-state index is 0.0140. The molecule has 0 saturated carbocycles. The van der Waals surface area contributed by atoms with Gasteiger partial charge in [-0.2, -0.15) is 0 Å². The van der Waals surface area contributed by atoms with E-state index in [1.165, 1.54) is 0 Å². The van der Waals surface area contributed by atoms with Crippen LogP contribution >= 0.6 is 0 Å². The van der Waals surface area contributed by atoms with Gasteiger partial charge in [0.15, 0.2) is 5.69 Å². The first-order valence-corrected chi connectivity index (χ1v) is 8.88. The molecule has 28 heavy (non-hydrogen) atoms. The maximum Gasteiger partial charge on any atom is 0.573 e. The van der Waals surface area contributed by atoms with Crippen LogP contribution in [0.25, 0.3) is 11.6 Å². The van der Waals surface area contributed by atoms with Crippen LogP contribution in [0, 0.1) is 0 Å². The van der Waals surface area contributed by atoms with Crippen LogP contribution in [0.3, 0.4) is 0 Å². The second-order valence-electron chi connectivity index (χ2n) is 5.29. The van der Waals surface area contributed by atoms with Crippen molar-refractivity contribution in [2.24, 2.45) is 0 Å². The molecule has 0 aliphatic rings. The summed E-state index contributed by atoms with van der Waals surface area (Å²) in [5, 5.41) is 16.1. The number of sulfone groups is 1. The van der Waals surface area contributed by atoms with E-state index in [-0.39, 0.29) is 33.0 Å². The smallest absolute Gasteiger partial charge is 0.417 e. The number of halogens is 3. The van der Waals surface area contributed by atoms with Gasteiger partial charge in [0.05, 0.1) is 15.5 Å². The number of aromatic nitrogens is 3. The lowest BCUT2D eigenvalue weighted by Crippen LogP contribution is -2.17. The van der Waals surface area contributed by atoms with Crippen LogP contribution < -0.4 is 10.5 Å². The molecule has 2 heterocycles. The monoisotopic (exact) mass is 416 g/mol. The minimum Gasteiger partial charge on any atom is -0.417 e. The molecule has 0 saturated heterocycles. The highest BCUT2D eigenvalue weighted by Gasteiger charge is 2.31. The number of nitrogen functional groups attached to an aromatic ring is 1. The zero-order valence-corrected chi connectivity index (χ0v) is 14.5. The summed E-state index contributed by atoms with van der Waals surface area (Å²) in [5.41, 5.74) is 5.73. The van der Waals surface area contributed by atoms with Gasteiger partial charge >= 0.3 is 6.36 Å². The number of aliphatic hydroxyl groups excluding tert-OH is 1. The molecule has 3 N–H and O–H groups in total. The third-order valence-corrected chi connectivity index (χ3v) is 5.11. The van der Waals surface area contributed by atoms with Gasteiger partial charge in [-0.05, 0) is 30.3 Å². The Morgan fingerprint density at radius 1 is 1.14 bits per heavy atom. The van der Waals surface area contributed by atoms with Gasteiger partial charge in [0.25, 0.3) is 5.89 Å². The Morgan fingerprint density at radius 2 is 1.82 bits per heavy atom. The summed E-state index contributed by atoms with van der Waals surface area (Å²) in [5.74, 6) is -0.747. The first kappa shape index (κ1) is 19.6. The number of aliphatic hydroxyl groups is 1. The van der Waals surface area contributed by atoms with Crippen LogP contribution in [0.1, 0.15) is 5.89 Å². The zero-order valence-electron chi connectivity index (χ0n) is 13.7. The second kappa shape index (κ2) is 7.09. The van der Waals surface area contributed by atoms with Gasteiger partial charge in [0.1, 0.15) is 12.4 Å². The molecule has 0 bridgehead atoms. The van der Waals surface area contributed by atoms with Gasteiger partial charge in [-0.25, -0.2) is 13.4 Å². The van der Waals surface area contributed by atoms with Crippen molar-refractivity contribution in [3.63, 3.8) is 0 Å². The lowest BCUT2D eigenvalue weighted by atomic mass is 10.3. The summed E-state index contributed by atoms with van der Waals surface area (Å²) in [6.07, 6.45) is -3.90. The minimum atomic E-state index is -4.89. The lowest BCUT2D eigenvalue weighted by molar-refractivity contribution is -0.274. The Morgan fingerprint density at radius 3 is 2.36 bits per heavy atom. The number of pyridine rings is 1. The number of nitrogens with two attached hydrogens (primary N) is 1. The lowest BCUT2D eigenvalue weighted by Gasteiger charge is -2.10. The topological polar surface area (TPSA) is 141 Å². The summed E-state index contributed by atoms with van der Waals surface area (Å²) in [7, 11) is -4.11. The Hall–Kier alpha value is -3.19. The molecule has 0 spiro atoms. The molecule has 0 fully saturated rings. The molecule has 9 nitrogen and oxygen atoms in total. The molecule has 13 heteroatoms. The number of alkyl halides is 3. The molecule has 3 rings (SSSR count). The Labute approximate surface area is 155 Å². The van der Waals surface area contributed by atoms with Crippen LogP contribution in [-0.4, -0.2) is 35.1 Å². The number of anilines is 1. The fourth-order valence-electron chi connectivity index (χ4n) is 2.16. The molecule has 0 amide bonds. The van der Waals surface area contributed by atoms with Crippen molar-refractivity contribution in [1.82, 2.24) is 15.2 Å². The van der Waals surface area contributed by atoms with Crippen LogP contribution in [0.2, 0.25) is 0 Å². The van der Waals surface area contributed by atoms with Gasteiger partial charge in [-0.1, -0.05) is 0 Å². The van der Waals surface area contributed by atoms with E-state index in [4.69, 9.17) is 15.3 Å². The average molecular weight is 416 g/mol. The van der Waals surface area contributed by atoms with Crippen LogP contribution in [-0.2, 0) is 16.4 Å². The largest absolute Gasteiger partial charge is 0.573 e. The van der Waals surface area contributed by atoms with Crippen molar-refractivity contribution in [2.75, 3.05) is 5.73 Å². The molecule has 148 valence electrons. The molecular formula is C15H11F3N4O5S. The maximum absolute atomic E-state index is 12.6.